The number of imidazole rings is 1. The van der Waals surface area contributed by atoms with E-state index in [4.69, 9.17) is 14.2 Å². The molecular formula is C24H36N4O4Si. The number of hydrogen-bond acceptors (Lipinski definition) is 6. The highest BCUT2D eigenvalue weighted by atomic mass is 28.3. The molecule has 33 heavy (non-hydrogen) atoms. The highest BCUT2D eigenvalue weighted by molar-refractivity contribution is 6.76. The van der Waals surface area contributed by atoms with E-state index in [1.807, 2.05) is 32.4 Å². The first kappa shape index (κ1) is 25.0. The molecule has 0 spiro atoms. The van der Waals surface area contributed by atoms with Gasteiger partial charge in [0.15, 0.2) is 0 Å². The molecule has 3 aromatic rings. The van der Waals surface area contributed by atoms with Gasteiger partial charge in [0.1, 0.15) is 29.3 Å². The second kappa shape index (κ2) is 10.1. The van der Waals surface area contributed by atoms with E-state index in [2.05, 4.69) is 29.5 Å². The third kappa shape index (κ3) is 5.66. The van der Waals surface area contributed by atoms with Gasteiger partial charge in [-0.25, -0.2) is 4.98 Å². The number of nitrogens with zero attached hydrogens (tertiary/aromatic N) is 4. The van der Waals surface area contributed by atoms with Crippen molar-refractivity contribution in [2.75, 3.05) is 34.9 Å². The number of aryl methyl sites for hydroxylation is 1. The molecule has 8 nitrogen and oxygen atoms in total. The van der Waals surface area contributed by atoms with Crippen molar-refractivity contribution in [2.45, 2.75) is 39.0 Å². The van der Waals surface area contributed by atoms with Crippen LogP contribution >= 0.6 is 0 Å². The number of methoxy groups -OCH3 is 2. The zero-order valence-corrected chi connectivity index (χ0v) is 22.1. The third-order valence-corrected chi connectivity index (χ3v) is 7.26. The molecule has 1 aromatic carbocycles. The molecule has 180 valence electrons. The topological polar surface area (TPSA) is 70.8 Å². The maximum atomic E-state index is 13.0. The van der Waals surface area contributed by atoms with E-state index in [1.165, 1.54) is 0 Å². The highest BCUT2D eigenvalue weighted by Gasteiger charge is 2.19. The molecule has 9 heteroatoms. The lowest BCUT2D eigenvalue weighted by Crippen LogP contribution is -2.23. The molecule has 3 rings (SSSR count). The summed E-state index contributed by atoms with van der Waals surface area (Å²) in [5.41, 5.74) is 3.73. The van der Waals surface area contributed by atoms with Crippen LogP contribution in [0.2, 0.25) is 25.7 Å². The molecular weight excluding hydrogens is 436 g/mol. The maximum absolute atomic E-state index is 13.0. The molecule has 0 bridgehead atoms. The quantitative estimate of drug-likeness (QED) is 0.330. The molecule has 0 N–H and O–H groups in total. The first-order valence-corrected chi connectivity index (χ1v) is 14.8. The number of benzene rings is 1. The van der Waals surface area contributed by atoms with Crippen molar-refractivity contribution in [3.63, 3.8) is 0 Å². The molecule has 0 fully saturated rings. The maximum Gasteiger partial charge on any atom is 0.276 e. The normalized spacial score (nSPS) is 12.0. The summed E-state index contributed by atoms with van der Waals surface area (Å²) in [6.45, 7) is 8.61. The zero-order valence-electron chi connectivity index (χ0n) is 21.1. The third-order valence-electron chi connectivity index (χ3n) is 5.56. The van der Waals surface area contributed by atoms with Gasteiger partial charge in [-0.2, -0.15) is 0 Å². The van der Waals surface area contributed by atoms with Crippen molar-refractivity contribution in [3.05, 3.63) is 40.6 Å². The van der Waals surface area contributed by atoms with Crippen molar-refractivity contribution in [1.29, 1.82) is 0 Å². The molecule has 0 aliphatic rings. The van der Waals surface area contributed by atoms with E-state index in [-0.39, 0.29) is 5.56 Å². The molecule has 0 saturated heterocycles. The van der Waals surface area contributed by atoms with Gasteiger partial charge >= 0.3 is 0 Å². The molecule has 0 aliphatic heterocycles. The van der Waals surface area contributed by atoms with Crippen LogP contribution in [0.4, 0.5) is 0 Å². The lowest BCUT2D eigenvalue weighted by atomic mass is 10.0. The summed E-state index contributed by atoms with van der Waals surface area (Å²) in [7, 11) is 7.88. The van der Waals surface area contributed by atoms with Crippen LogP contribution in [0.1, 0.15) is 5.56 Å². The van der Waals surface area contributed by atoms with Crippen LogP contribution in [0.15, 0.2) is 29.5 Å². The van der Waals surface area contributed by atoms with Gasteiger partial charge in [-0.3, -0.25) is 4.79 Å². The van der Waals surface area contributed by atoms with Crippen molar-refractivity contribution in [1.82, 2.24) is 19.0 Å². The van der Waals surface area contributed by atoms with Gasteiger partial charge < -0.3 is 28.2 Å². The Morgan fingerprint density at radius 2 is 1.73 bits per heavy atom. The fourth-order valence-corrected chi connectivity index (χ4v) is 4.50. The molecule has 0 unspecified atom stereocenters. The Bertz CT molecular complexity index is 1150. The monoisotopic (exact) mass is 472 g/mol. The molecule has 0 atom stereocenters. The minimum Gasteiger partial charge on any atom is -0.496 e. The summed E-state index contributed by atoms with van der Waals surface area (Å²) >= 11 is 0. The average Bonchev–Trinajstić information content (AvgIpc) is 3.17. The van der Waals surface area contributed by atoms with Crippen LogP contribution in [0, 0.1) is 0 Å². The number of hydrogen-bond donors (Lipinski definition) is 0. The second-order valence-electron chi connectivity index (χ2n) is 9.82. The van der Waals surface area contributed by atoms with E-state index >= 15 is 0 Å². The second-order valence-corrected chi connectivity index (χ2v) is 15.4. The molecule has 2 heterocycles. The number of pyridine rings is 1. The Hall–Kier alpha value is -2.62. The summed E-state index contributed by atoms with van der Waals surface area (Å²) in [6.07, 6.45) is 3.49. The minimum absolute atomic E-state index is 0.108. The Labute approximate surface area is 196 Å². The molecule has 0 amide bonds. The van der Waals surface area contributed by atoms with Crippen LogP contribution in [0.25, 0.3) is 22.2 Å². The predicted octanol–water partition coefficient (Wildman–Crippen LogP) is 3.79. The largest absolute Gasteiger partial charge is 0.496 e. The molecule has 0 saturated carbocycles. The standard InChI is InChI=1S/C24H36N4O4Si/c1-26(2)13-19-20(30-4)11-17(12-21(19)31-5)18-14-27(3)24(29)23-22(18)25-15-28(23)16-32-9-10-33(6,7)8/h11-12,14-15H,9-10,13,16H2,1-8H3. The zero-order chi connectivity index (χ0) is 24.3. The van der Waals surface area contributed by atoms with Crippen molar-refractivity contribution < 1.29 is 14.2 Å². The van der Waals surface area contributed by atoms with Gasteiger partial charge in [0.25, 0.3) is 5.56 Å². The Morgan fingerprint density at radius 3 is 2.27 bits per heavy atom. The van der Waals surface area contributed by atoms with Crippen LogP contribution in [-0.2, 0) is 25.1 Å². The minimum atomic E-state index is -1.18. The van der Waals surface area contributed by atoms with Crippen molar-refractivity contribution in [2.24, 2.45) is 7.05 Å². The fourth-order valence-electron chi connectivity index (χ4n) is 3.75. The first-order valence-electron chi connectivity index (χ1n) is 11.1. The molecule has 2 aromatic heterocycles. The average molecular weight is 473 g/mol. The van der Waals surface area contributed by atoms with Crippen molar-refractivity contribution in [3.8, 4) is 22.6 Å². The number of rotatable bonds is 10. The predicted molar refractivity (Wildman–Crippen MR) is 135 cm³/mol. The van der Waals surface area contributed by atoms with E-state index in [0.717, 1.165) is 34.2 Å². The summed E-state index contributed by atoms with van der Waals surface area (Å²) in [4.78, 5) is 19.7. The molecule has 0 radical (unpaired) electrons. The van der Waals surface area contributed by atoms with E-state index in [1.54, 1.807) is 36.7 Å². The number of fused-ring (bicyclic) bond motifs is 1. The molecule has 0 aliphatic carbocycles. The van der Waals surface area contributed by atoms with Crippen LogP contribution in [0.3, 0.4) is 0 Å². The SMILES string of the molecule is COc1cc(-c2cn(C)c(=O)c3c2ncn3COCC[Si](C)(C)C)cc(OC)c1CN(C)C. The van der Waals surface area contributed by atoms with Crippen LogP contribution < -0.4 is 15.0 Å². The first-order chi connectivity index (χ1) is 15.6. The van der Waals surface area contributed by atoms with Crippen LogP contribution in [-0.4, -0.2) is 62.0 Å². The van der Waals surface area contributed by atoms with Gasteiger partial charge in [0.05, 0.1) is 26.1 Å². The lowest BCUT2D eigenvalue weighted by molar-refractivity contribution is 0.0897. The number of aromatic nitrogens is 3. The highest BCUT2D eigenvalue weighted by Crippen LogP contribution is 2.37. The Morgan fingerprint density at radius 1 is 1.09 bits per heavy atom. The van der Waals surface area contributed by atoms with E-state index in [9.17, 15) is 4.79 Å². The summed E-state index contributed by atoms with van der Waals surface area (Å²) in [5.74, 6) is 1.46. The van der Waals surface area contributed by atoms with Gasteiger partial charge in [-0.1, -0.05) is 19.6 Å². The van der Waals surface area contributed by atoms with E-state index < -0.39 is 8.07 Å². The van der Waals surface area contributed by atoms with Gasteiger partial charge in [-0.15, -0.1) is 0 Å². The fraction of sp³-hybridized carbons (Fsp3) is 0.500. The van der Waals surface area contributed by atoms with Gasteiger partial charge in [-0.05, 0) is 37.8 Å². The van der Waals surface area contributed by atoms with Gasteiger partial charge in [0.2, 0.25) is 0 Å². The lowest BCUT2D eigenvalue weighted by Gasteiger charge is -2.19. The summed E-state index contributed by atoms with van der Waals surface area (Å²) in [6, 6.07) is 5.02. The number of ether oxygens (including phenoxy) is 3. The van der Waals surface area contributed by atoms with Crippen molar-refractivity contribution >= 4 is 19.1 Å². The smallest absolute Gasteiger partial charge is 0.276 e. The Kier molecular flexibility index (Phi) is 7.66. The summed E-state index contributed by atoms with van der Waals surface area (Å²) in [5, 5.41) is 0. The van der Waals surface area contributed by atoms with E-state index in [0.29, 0.717) is 30.9 Å². The van der Waals surface area contributed by atoms with Gasteiger partial charge in [0, 0.05) is 40.0 Å². The van der Waals surface area contributed by atoms with Crippen LogP contribution in [0.5, 0.6) is 11.5 Å². The summed E-state index contributed by atoms with van der Waals surface area (Å²) < 4.78 is 20.7. The Balaban J connectivity index is 2.06.